The maximum atomic E-state index is 13.5. The minimum absolute atomic E-state index is 0.0697. The van der Waals surface area contributed by atoms with Gasteiger partial charge in [0.25, 0.3) is 5.09 Å². The Hall–Kier alpha value is -3.51. The van der Waals surface area contributed by atoms with Gasteiger partial charge in [-0.15, -0.1) is 10.1 Å². The van der Waals surface area contributed by atoms with Crippen LogP contribution in [0.25, 0.3) is 6.08 Å². The average molecular weight is 575 g/mol. The highest BCUT2D eigenvalue weighted by molar-refractivity contribution is 8.45. The Morgan fingerprint density at radius 1 is 1.05 bits per heavy atom. The quantitative estimate of drug-likeness (QED) is 0.0825. The van der Waals surface area contributed by atoms with E-state index in [4.69, 9.17) is 0 Å². The molecular weight excluding hydrogens is 558 g/mol. The zero-order valence-corrected chi connectivity index (χ0v) is 19.2. The zero-order chi connectivity index (χ0) is 28.3. The van der Waals surface area contributed by atoms with Crippen molar-refractivity contribution in [3.05, 3.63) is 38.9 Å². The number of nitrogens with zero attached hydrogens (tertiary/aromatic N) is 1. The summed E-state index contributed by atoms with van der Waals surface area (Å²) < 4.78 is 124. The topological polar surface area (TPSA) is 123 Å². The first-order valence-electron chi connectivity index (χ1n) is 9.76. The van der Waals surface area contributed by atoms with E-state index in [1.807, 2.05) is 0 Å². The molecule has 1 heterocycles. The van der Waals surface area contributed by atoms with Crippen molar-refractivity contribution in [3.8, 4) is 5.75 Å². The van der Waals surface area contributed by atoms with Gasteiger partial charge in [0.15, 0.2) is 0 Å². The molecule has 1 aliphatic heterocycles. The van der Waals surface area contributed by atoms with Gasteiger partial charge in [-0.3, -0.25) is 0 Å². The molecule has 0 spiro atoms. The molecule has 2 rings (SSSR count). The van der Waals surface area contributed by atoms with Gasteiger partial charge in [0, 0.05) is 5.56 Å². The van der Waals surface area contributed by atoms with Crippen LogP contribution in [0.15, 0.2) is 22.6 Å². The number of esters is 1. The molecule has 10 nitrogen and oxygen atoms in total. The molecule has 0 amide bonds. The maximum Gasteiger partial charge on any atom is 0.511 e. The molecule has 0 aromatic heterocycles. The number of rotatable bonds is 10. The lowest BCUT2D eigenvalue weighted by atomic mass is 9.99. The Morgan fingerprint density at radius 2 is 1.68 bits per heavy atom. The third kappa shape index (κ3) is 8.53. The fourth-order valence-electron chi connectivity index (χ4n) is 2.85. The highest BCUT2D eigenvalue weighted by Gasteiger charge is 2.65. The van der Waals surface area contributed by atoms with E-state index < -0.39 is 73.9 Å². The summed E-state index contributed by atoms with van der Waals surface area (Å²) in [6.45, 7) is -1.08. The predicted octanol–water partition coefficient (Wildman–Crippen LogP) is 6.00. The first kappa shape index (κ1) is 29.7. The lowest BCUT2D eigenvalue weighted by Gasteiger charge is -2.41. The standard InChI is InChI=1S/C18H17F8NO9S/c1-10-6-12(37(22,23,24,25)26)7-11-8-13(15(18(19,20)21)36-14(10)11)16(28)33-9-34-17(29)32-4-2-3-5-35-27(30)31/h6-8,15H,2-5,9H2,1H3. The second-order valence-corrected chi connectivity index (χ2v) is 9.73. The van der Waals surface area contributed by atoms with Crippen molar-refractivity contribution in [2.24, 2.45) is 0 Å². The number of ether oxygens (including phenoxy) is 4. The van der Waals surface area contributed by atoms with Gasteiger partial charge in [-0.2, -0.15) is 13.2 Å². The molecule has 37 heavy (non-hydrogen) atoms. The number of hydrogen-bond donors (Lipinski definition) is 0. The van der Waals surface area contributed by atoms with Crippen LogP contribution in [-0.4, -0.2) is 49.5 Å². The monoisotopic (exact) mass is 575 g/mol. The van der Waals surface area contributed by atoms with Gasteiger partial charge in [-0.05, 0) is 43.5 Å². The maximum absolute atomic E-state index is 13.5. The molecule has 1 unspecified atom stereocenters. The summed E-state index contributed by atoms with van der Waals surface area (Å²) >= 11 is 0. The van der Waals surface area contributed by atoms with Crippen molar-refractivity contribution in [2.45, 2.75) is 36.9 Å². The van der Waals surface area contributed by atoms with Crippen LogP contribution in [0.3, 0.4) is 0 Å². The molecule has 1 aromatic carbocycles. The lowest BCUT2D eigenvalue weighted by molar-refractivity contribution is -0.757. The number of aryl methyl sites for hydroxylation is 1. The minimum atomic E-state index is -10.2. The summed E-state index contributed by atoms with van der Waals surface area (Å²) in [6, 6.07) is -0.228. The van der Waals surface area contributed by atoms with E-state index in [1.54, 1.807) is 0 Å². The van der Waals surface area contributed by atoms with Gasteiger partial charge < -0.3 is 23.8 Å². The molecule has 0 radical (unpaired) electrons. The summed E-state index contributed by atoms with van der Waals surface area (Å²) in [5, 5.41) is 8.91. The summed E-state index contributed by atoms with van der Waals surface area (Å²) in [6.07, 6.45) is -9.30. The van der Waals surface area contributed by atoms with Gasteiger partial charge >= 0.3 is 28.5 Å². The smallest absolute Gasteiger partial charge is 0.475 e. The molecule has 0 N–H and O–H groups in total. The van der Waals surface area contributed by atoms with Gasteiger partial charge in [0.1, 0.15) is 10.6 Å². The van der Waals surface area contributed by atoms with Gasteiger partial charge in [-0.25, -0.2) is 9.59 Å². The summed E-state index contributed by atoms with van der Waals surface area (Å²) in [5.41, 5.74) is -2.99. The highest BCUT2D eigenvalue weighted by atomic mass is 32.5. The molecule has 19 heteroatoms. The molecule has 0 saturated carbocycles. The van der Waals surface area contributed by atoms with Crippen LogP contribution in [0, 0.1) is 17.0 Å². The Labute approximate surface area is 201 Å². The Bertz CT molecular complexity index is 1110. The van der Waals surface area contributed by atoms with Crippen molar-refractivity contribution in [1.29, 1.82) is 0 Å². The second-order valence-electron chi connectivity index (χ2n) is 7.32. The molecule has 0 saturated heterocycles. The number of halogens is 8. The van der Waals surface area contributed by atoms with Crippen molar-refractivity contribution >= 4 is 28.4 Å². The Balaban J connectivity index is 2.11. The Kier molecular flexibility index (Phi) is 7.83. The van der Waals surface area contributed by atoms with E-state index in [0.717, 1.165) is 6.92 Å². The lowest BCUT2D eigenvalue weighted by Crippen LogP contribution is -2.41. The second kappa shape index (κ2) is 9.75. The van der Waals surface area contributed by atoms with Gasteiger partial charge in [-0.1, -0.05) is 19.4 Å². The molecule has 0 fully saturated rings. The van der Waals surface area contributed by atoms with Crippen LogP contribution in [0.1, 0.15) is 24.0 Å². The van der Waals surface area contributed by atoms with Crippen LogP contribution in [0.4, 0.5) is 37.4 Å². The van der Waals surface area contributed by atoms with Crippen LogP contribution in [0.2, 0.25) is 0 Å². The van der Waals surface area contributed by atoms with Crippen molar-refractivity contribution in [3.63, 3.8) is 0 Å². The number of carbonyl (C=O) groups is 2. The van der Waals surface area contributed by atoms with E-state index in [1.165, 1.54) is 0 Å². The highest BCUT2D eigenvalue weighted by Crippen LogP contribution is 3.02. The SMILES string of the molecule is Cc1cc(S(F)(F)(F)(F)F)cc2c1OC(C(F)(F)F)C(C(=O)OCOC(=O)OCCCCO[N+](=O)[O-])=C2. The van der Waals surface area contributed by atoms with Crippen molar-refractivity contribution < 1.29 is 71.1 Å². The number of benzene rings is 1. The van der Waals surface area contributed by atoms with E-state index in [2.05, 4.69) is 23.8 Å². The van der Waals surface area contributed by atoms with E-state index in [9.17, 15) is 52.3 Å². The summed E-state index contributed by atoms with van der Waals surface area (Å²) in [5.74, 6) is -2.65. The number of fused-ring (bicyclic) bond motifs is 1. The van der Waals surface area contributed by atoms with E-state index in [-0.39, 0.29) is 44.3 Å². The largest absolute Gasteiger partial charge is 0.511 e. The van der Waals surface area contributed by atoms with Gasteiger partial charge in [0.05, 0.1) is 18.8 Å². The molecule has 0 aliphatic carbocycles. The molecule has 210 valence electrons. The van der Waals surface area contributed by atoms with Crippen LogP contribution in [-0.2, 0) is 23.8 Å². The van der Waals surface area contributed by atoms with Crippen LogP contribution in [0.5, 0.6) is 5.75 Å². The molecule has 1 atom stereocenters. The fraction of sp³-hybridized carbons (Fsp3) is 0.444. The number of hydrogen-bond acceptors (Lipinski definition) is 9. The Morgan fingerprint density at radius 3 is 2.24 bits per heavy atom. The summed E-state index contributed by atoms with van der Waals surface area (Å²) in [7, 11) is -10.2. The van der Waals surface area contributed by atoms with E-state index >= 15 is 0 Å². The fourth-order valence-corrected chi connectivity index (χ4v) is 3.60. The molecule has 1 aliphatic rings. The molecule has 1 aromatic rings. The minimum Gasteiger partial charge on any atom is -0.475 e. The third-order valence-corrected chi connectivity index (χ3v) is 5.53. The average Bonchev–Trinajstić information content (AvgIpc) is 2.72. The molecular formula is C18H17F8NO9S. The van der Waals surface area contributed by atoms with Crippen molar-refractivity contribution in [1.82, 2.24) is 0 Å². The van der Waals surface area contributed by atoms with Crippen LogP contribution >= 0.6 is 10.2 Å². The normalized spacial score (nSPS) is 17.2. The van der Waals surface area contributed by atoms with E-state index in [0.29, 0.717) is 0 Å². The zero-order valence-electron chi connectivity index (χ0n) is 18.4. The first-order valence-corrected chi connectivity index (χ1v) is 11.7. The predicted molar refractivity (Wildman–Crippen MR) is 107 cm³/mol. The summed E-state index contributed by atoms with van der Waals surface area (Å²) in [4.78, 5) is 35.1. The molecule has 0 bridgehead atoms. The number of unbranched alkanes of at least 4 members (excludes halogenated alkanes) is 1. The van der Waals surface area contributed by atoms with Gasteiger partial charge in [0.2, 0.25) is 12.9 Å². The number of alkyl halides is 3. The number of carbonyl (C=O) groups excluding carboxylic acids is 2. The third-order valence-electron chi connectivity index (χ3n) is 4.41. The van der Waals surface area contributed by atoms with Crippen molar-refractivity contribution in [2.75, 3.05) is 20.0 Å². The first-order chi connectivity index (χ1) is 16.7. The van der Waals surface area contributed by atoms with Crippen LogP contribution < -0.4 is 4.74 Å².